The van der Waals surface area contributed by atoms with E-state index in [1.165, 1.54) is 6.33 Å². The Morgan fingerprint density at radius 3 is 2.55 bits per heavy atom. The van der Waals surface area contributed by atoms with Crippen molar-refractivity contribution in [2.75, 3.05) is 0 Å². The number of nitrogens with zero attached hydrogens (tertiary/aromatic N) is 4. The molecule has 0 amide bonds. The highest BCUT2D eigenvalue weighted by atomic mass is 35.5. The Bertz CT molecular complexity index is 1410. The van der Waals surface area contributed by atoms with E-state index in [4.69, 9.17) is 27.9 Å². The number of ether oxygens (including phenoxy) is 1. The van der Waals surface area contributed by atoms with Crippen LogP contribution >= 0.6 is 23.2 Å². The molecule has 1 unspecified atom stereocenters. The lowest BCUT2D eigenvalue weighted by Gasteiger charge is -2.29. The standard InChI is InChI=1S/C22H12Cl2N4O/c23-13-7-5-12(6-8-13)18-16-9-17(24)14-3-1-2-4-15(14)20(16)29-22-19(18)21-25-10-27-28(21)11-26-22/h1-11,18H. The lowest BCUT2D eigenvalue weighted by Crippen LogP contribution is -2.15. The van der Waals surface area contributed by atoms with Gasteiger partial charge in [-0.25, -0.2) is 14.5 Å². The Morgan fingerprint density at radius 2 is 1.72 bits per heavy atom. The van der Waals surface area contributed by atoms with Crippen LogP contribution in [-0.4, -0.2) is 19.6 Å². The molecule has 0 aliphatic carbocycles. The van der Waals surface area contributed by atoms with Crippen molar-refractivity contribution in [3.05, 3.63) is 94.0 Å². The summed E-state index contributed by atoms with van der Waals surface area (Å²) in [4.78, 5) is 8.98. The van der Waals surface area contributed by atoms with Gasteiger partial charge in [-0.2, -0.15) is 5.10 Å². The van der Waals surface area contributed by atoms with E-state index in [2.05, 4.69) is 15.1 Å². The van der Waals surface area contributed by atoms with Crippen LogP contribution in [0.3, 0.4) is 0 Å². The fraction of sp³-hybridized carbons (Fsp3) is 0.0455. The van der Waals surface area contributed by atoms with E-state index in [1.54, 1.807) is 10.8 Å². The van der Waals surface area contributed by atoms with E-state index in [1.807, 2.05) is 54.6 Å². The van der Waals surface area contributed by atoms with E-state index in [9.17, 15) is 0 Å². The smallest absolute Gasteiger partial charge is 0.228 e. The molecule has 0 bridgehead atoms. The Hall–Kier alpha value is -3.15. The first-order valence-electron chi connectivity index (χ1n) is 9.03. The number of rotatable bonds is 1. The van der Waals surface area contributed by atoms with E-state index < -0.39 is 0 Å². The summed E-state index contributed by atoms with van der Waals surface area (Å²) in [7, 11) is 0. The van der Waals surface area contributed by atoms with Gasteiger partial charge in [-0.1, -0.05) is 59.6 Å². The Morgan fingerprint density at radius 1 is 0.931 bits per heavy atom. The van der Waals surface area contributed by atoms with Crippen LogP contribution in [0.5, 0.6) is 11.6 Å². The van der Waals surface area contributed by atoms with Gasteiger partial charge in [0.1, 0.15) is 18.4 Å². The Balaban J connectivity index is 1.73. The topological polar surface area (TPSA) is 52.3 Å². The molecule has 0 N–H and O–H groups in total. The van der Waals surface area contributed by atoms with Crippen LogP contribution in [0.15, 0.2) is 67.3 Å². The SMILES string of the molecule is Clc1ccc(C2c3cc(Cl)c4ccccc4c3Oc3ncn4ncnc4c32)cc1. The van der Waals surface area contributed by atoms with Gasteiger partial charge in [-0.15, -0.1) is 0 Å². The van der Waals surface area contributed by atoms with Gasteiger partial charge in [-0.3, -0.25) is 0 Å². The monoisotopic (exact) mass is 418 g/mol. The Labute approximate surface area is 175 Å². The van der Waals surface area contributed by atoms with Crippen molar-refractivity contribution < 1.29 is 4.74 Å². The van der Waals surface area contributed by atoms with E-state index in [0.29, 0.717) is 21.6 Å². The zero-order valence-electron chi connectivity index (χ0n) is 14.9. The average Bonchev–Trinajstić information content (AvgIpc) is 3.23. The van der Waals surface area contributed by atoms with Gasteiger partial charge < -0.3 is 4.74 Å². The fourth-order valence-corrected chi connectivity index (χ4v) is 4.45. The van der Waals surface area contributed by atoms with Crippen molar-refractivity contribution in [3.63, 3.8) is 0 Å². The molecular formula is C22H12Cl2N4O. The van der Waals surface area contributed by atoms with Crippen LogP contribution in [0.25, 0.3) is 16.4 Å². The van der Waals surface area contributed by atoms with Crippen LogP contribution in [0.1, 0.15) is 22.6 Å². The van der Waals surface area contributed by atoms with Crippen molar-refractivity contribution in [1.29, 1.82) is 0 Å². The molecule has 0 saturated heterocycles. The van der Waals surface area contributed by atoms with Crippen LogP contribution in [0.4, 0.5) is 0 Å². The van der Waals surface area contributed by atoms with E-state index in [0.717, 1.165) is 33.2 Å². The summed E-state index contributed by atoms with van der Waals surface area (Å²) >= 11 is 12.8. The minimum absolute atomic E-state index is 0.173. The molecule has 29 heavy (non-hydrogen) atoms. The molecule has 3 aromatic carbocycles. The van der Waals surface area contributed by atoms with Crippen LogP contribution < -0.4 is 4.74 Å². The second-order valence-electron chi connectivity index (χ2n) is 6.90. The average molecular weight is 419 g/mol. The van der Waals surface area contributed by atoms with Crippen molar-refractivity contribution >= 4 is 39.6 Å². The second kappa shape index (κ2) is 6.17. The summed E-state index contributed by atoms with van der Waals surface area (Å²) < 4.78 is 7.97. The van der Waals surface area contributed by atoms with Crippen LogP contribution in [0, 0.1) is 0 Å². The number of benzene rings is 3. The summed E-state index contributed by atoms with van der Waals surface area (Å²) in [5.74, 6) is 1.10. The maximum Gasteiger partial charge on any atom is 0.228 e. The third-order valence-corrected chi connectivity index (χ3v) is 5.87. The van der Waals surface area contributed by atoms with Crippen molar-refractivity contribution in [2.45, 2.75) is 5.92 Å². The van der Waals surface area contributed by atoms with Gasteiger partial charge in [0.25, 0.3) is 0 Å². The third-order valence-electron chi connectivity index (χ3n) is 5.30. The van der Waals surface area contributed by atoms with Gasteiger partial charge in [0.2, 0.25) is 5.88 Å². The molecule has 0 radical (unpaired) electrons. The van der Waals surface area contributed by atoms with Gasteiger partial charge >= 0.3 is 0 Å². The quantitative estimate of drug-likeness (QED) is 0.335. The predicted molar refractivity (Wildman–Crippen MR) is 112 cm³/mol. The fourth-order valence-electron chi connectivity index (χ4n) is 4.04. The first kappa shape index (κ1) is 16.8. The lowest BCUT2D eigenvalue weighted by molar-refractivity contribution is 0.437. The second-order valence-corrected chi connectivity index (χ2v) is 7.74. The van der Waals surface area contributed by atoms with E-state index >= 15 is 0 Å². The van der Waals surface area contributed by atoms with E-state index in [-0.39, 0.29) is 5.92 Å². The van der Waals surface area contributed by atoms with Gasteiger partial charge in [0.15, 0.2) is 5.65 Å². The number of hydrogen-bond donors (Lipinski definition) is 0. The summed E-state index contributed by atoms with van der Waals surface area (Å²) in [5, 5.41) is 7.47. The molecule has 0 fully saturated rings. The molecule has 5 aromatic rings. The Kier molecular flexibility index (Phi) is 3.57. The summed E-state index contributed by atoms with van der Waals surface area (Å²) in [6.45, 7) is 0. The first-order valence-corrected chi connectivity index (χ1v) is 9.79. The molecule has 7 heteroatoms. The minimum Gasteiger partial charge on any atom is -0.438 e. The molecule has 6 rings (SSSR count). The number of fused-ring (bicyclic) bond motifs is 6. The van der Waals surface area contributed by atoms with Crippen LogP contribution in [0.2, 0.25) is 10.0 Å². The molecule has 2 aromatic heterocycles. The first-order chi connectivity index (χ1) is 14.2. The maximum absolute atomic E-state index is 6.67. The molecule has 0 spiro atoms. The molecular weight excluding hydrogens is 407 g/mol. The lowest BCUT2D eigenvalue weighted by atomic mass is 9.83. The minimum atomic E-state index is -0.173. The molecule has 5 nitrogen and oxygen atoms in total. The molecule has 3 heterocycles. The molecule has 0 saturated carbocycles. The molecule has 140 valence electrons. The normalized spacial score (nSPS) is 15.2. The highest BCUT2D eigenvalue weighted by Gasteiger charge is 2.34. The zero-order chi connectivity index (χ0) is 19.5. The summed E-state index contributed by atoms with van der Waals surface area (Å²) in [5.41, 5.74) is 3.56. The summed E-state index contributed by atoms with van der Waals surface area (Å²) in [6, 6.07) is 17.7. The number of halogens is 2. The van der Waals surface area contributed by atoms with Gasteiger partial charge in [0.05, 0.1) is 5.56 Å². The molecule has 1 aliphatic rings. The molecule has 1 atom stereocenters. The zero-order valence-corrected chi connectivity index (χ0v) is 16.4. The van der Waals surface area contributed by atoms with Crippen molar-refractivity contribution in [1.82, 2.24) is 19.6 Å². The van der Waals surface area contributed by atoms with Gasteiger partial charge in [0, 0.05) is 32.3 Å². The highest BCUT2D eigenvalue weighted by molar-refractivity contribution is 6.36. The number of hydrogen-bond acceptors (Lipinski definition) is 4. The maximum atomic E-state index is 6.67. The third kappa shape index (κ3) is 2.44. The number of aromatic nitrogens is 4. The van der Waals surface area contributed by atoms with Gasteiger partial charge in [-0.05, 0) is 23.8 Å². The van der Waals surface area contributed by atoms with Crippen molar-refractivity contribution in [3.8, 4) is 11.6 Å². The predicted octanol–water partition coefficient (Wildman–Crippen LogP) is 5.87. The molecule has 1 aliphatic heterocycles. The van der Waals surface area contributed by atoms with Crippen molar-refractivity contribution in [2.24, 2.45) is 0 Å². The summed E-state index contributed by atoms with van der Waals surface area (Å²) in [6.07, 6.45) is 3.13. The largest absolute Gasteiger partial charge is 0.438 e. The highest BCUT2D eigenvalue weighted by Crippen LogP contribution is 2.51. The van der Waals surface area contributed by atoms with Crippen LogP contribution in [-0.2, 0) is 0 Å².